The lowest BCUT2D eigenvalue weighted by Crippen LogP contribution is -2.25. The third-order valence-electron chi connectivity index (χ3n) is 5.03. The average Bonchev–Trinajstić information content (AvgIpc) is 3.19. The monoisotopic (exact) mass is 414 g/mol. The van der Waals surface area contributed by atoms with Gasteiger partial charge in [0.2, 0.25) is 0 Å². The zero-order valence-corrected chi connectivity index (χ0v) is 16.8. The predicted octanol–water partition coefficient (Wildman–Crippen LogP) is 3.47. The fourth-order valence-corrected chi connectivity index (χ4v) is 3.41. The lowest BCUT2D eigenvalue weighted by Gasteiger charge is -2.05. The van der Waals surface area contributed by atoms with E-state index >= 15 is 0 Å². The van der Waals surface area contributed by atoms with Crippen LogP contribution in [0.1, 0.15) is 27.1 Å². The number of carboxylic acid groups (broad SMARTS) is 1. The third-order valence-corrected chi connectivity index (χ3v) is 5.03. The number of hydrogen-bond donors (Lipinski definition) is 3. The van der Waals surface area contributed by atoms with Gasteiger partial charge < -0.3 is 16.2 Å². The van der Waals surface area contributed by atoms with Crippen molar-refractivity contribution >= 4 is 22.8 Å². The van der Waals surface area contributed by atoms with E-state index in [-0.39, 0.29) is 11.5 Å². The largest absolute Gasteiger partial charge is 0.478 e. The van der Waals surface area contributed by atoms with Gasteiger partial charge in [-0.1, -0.05) is 30.3 Å². The summed E-state index contributed by atoms with van der Waals surface area (Å²) in [6.07, 6.45) is 0.737. The average molecular weight is 414 g/mol. The quantitative estimate of drug-likeness (QED) is 0.401. The van der Waals surface area contributed by atoms with E-state index in [9.17, 15) is 9.59 Å². The Bertz CT molecular complexity index is 1230. The van der Waals surface area contributed by atoms with Crippen LogP contribution in [0.4, 0.5) is 0 Å². The van der Waals surface area contributed by atoms with Crippen LogP contribution in [0.15, 0.2) is 72.8 Å². The minimum atomic E-state index is -0.968. The number of aromatic nitrogens is 2. The highest BCUT2D eigenvalue weighted by Crippen LogP contribution is 2.30. The van der Waals surface area contributed by atoms with E-state index in [2.05, 4.69) is 5.32 Å². The second-order valence-corrected chi connectivity index (χ2v) is 7.11. The van der Waals surface area contributed by atoms with Gasteiger partial charge in [-0.2, -0.15) is 5.10 Å². The van der Waals surface area contributed by atoms with Crippen molar-refractivity contribution in [2.75, 3.05) is 13.1 Å². The highest BCUT2D eigenvalue weighted by molar-refractivity contribution is 5.97. The van der Waals surface area contributed by atoms with Gasteiger partial charge in [-0.3, -0.25) is 4.79 Å². The highest BCUT2D eigenvalue weighted by atomic mass is 16.4. The van der Waals surface area contributed by atoms with Crippen LogP contribution in [0.5, 0.6) is 0 Å². The first kappa shape index (κ1) is 20.3. The summed E-state index contributed by atoms with van der Waals surface area (Å²) in [5, 5.41) is 17.7. The van der Waals surface area contributed by atoms with Gasteiger partial charge in [0, 0.05) is 23.1 Å². The molecule has 1 heterocycles. The van der Waals surface area contributed by atoms with E-state index in [1.54, 1.807) is 41.1 Å². The number of amides is 1. The molecule has 0 unspecified atom stereocenters. The second-order valence-electron chi connectivity index (χ2n) is 7.11. The lowest BCUT2D eigenvalue weighted by molar-refractivity contribution is 0.0696. The summed E-state index contributed by atoms with van der Waals surface area (Å²) in [6, 6.07) is 21.8. The molecule has 0 fully saturated rings. The van der Waals surface area contributed by atoms with Crippen LogP contribution in [0, 0.1) is 0 Å². The van der Waals surface area contributed by atoms with Crippen LogP contribution < -0.4 is 11.1 Å². The van der Waals surface area contributed by atoms with Crippen molar-refractivity contribution in [3.05, 3.63) is 83.9 Å². The number of benzene rings is 3. The molecule has 4 rings (SSSR count). The number of rotatable bonds is 7. The van der Waals surface area contributed by atoms with Crippen LogP contribution in [0.2, 0.25) is 0 Å². The Balaban J connectivity index is 1.69. The first-order valence-corrected chi connectivity index (χ1v) is 9.98. The molecule has 0 aliphatic rings. The number of nitrogens with zero attached hydrogens (tertiary/aromatic N) is 2. The second kappa shape index (κ2) is 8.81. The molecule has 4 N–H and O–H groups in total. The molecule has 0 bridgehead atoms. The van der Waals surface area contributed by atoms with Crippen molar-refractivity contribution in [1.29, 1.82) is 0 Å². The number of aromatic carboxylic acids is 1. The van der Waals surface area contributed by atoms with Crippen molar-refractivity contribution in [3.63, 3.8) is 0 Å². The Kier molecular flexibility index (Phi) is 5.77. The molecule has 0 radical (unpaired) electrons. The van der Waals surface area contributed by atoms with Gasteiger partial charge in [-0.25, -0.2) is 9.48 Å². The maximum atomic E-state index is 12.2. The van der Waals surface area contributed by atoms with E-state index in [0.29, 0.717) is 18.7 Å². The van der Waals surface area contributed by atoms with Crippen molar-refractivity contribution in [3.8, 4) is 16.9 Å². The molecule has 0 atom stereocenters. The van der Waals surface area contributed by atoms with Gasteiger partial charge >= 0.3 is 5.97 Å². The van der Waals surface area contributed by atoms with Crippen LogP contribution >= 0.6 is 0 Å². The molecule has 156 valence electrons. The number of carbonyl (C=O) groups excluding carboxylic acids is 1. The Labute approximate surface area is 179 Å². The zero-order valence-electron chi connectivity index (χ0n) is 16.8. The molecular weight excluding hydrogens is 392 g/mol. The third kappa shape index (κ3) is 4.17. The Hall–Kier alpha value is -3.97. The summed E-state index contributed by atoms with van der Waals surface area (Å²) in [6.45, 7) is 1.08. The highest BCUT2D eigenvalue weighted by Gasteiger charge is 2.14. The van der Waals surface area contributed by atoms with Crippen molar-refractivity contribution in [2.24, 2.45) is 5.73 Å². The van der Waals surface area contributed by atoms with Crippen molar-refractivity contribution in [1.82, 2.24) is 15.1 Å². The topological polar surface area (TPSA) is 110 Å². The summed E-state index contributed by atoms with van der Waals surface area (Å²) in [5.41, 5.74) is 9.61. The van der Waals surface area contributed by atoms with Crippen LogP contribution in [-0.2, 0) is 0 Å². The van der Waals surface area contributed by atoms with E-state index in [4.69, 9.17) is 15.9 Å². The fourth-order valence-electron chi connectivity index (χ4n) is 3.41. The molecule has 0 spiro atoms. The van der Waals surface area contributed by atoms with Gasteiger partial charge in [0.1, 0.15) is 5.69 Å². The molecule has 3 aromatic carbocycles. The molecule has 31 heavy (non-hydrogen) atoms. The van der Waals surface area contributed by atoms with E-state index < -0.39 is 5.97 Å². The molecule has 4 aromatic rings. The maximum absolute atomic E-state index is 12.2. The molecule has 0 saturated heterocycles. The summed E-state index contributed by atoms with van der Waals surface area (Å²) in [4.78, 5) is 23.4. The Morgan fingerprint density at radius 2 is 1.61 bits per heavy atom. The van der Waals surface area contributed by atoms with E-state index in [1.807, 2.05) is 36.4 Å². The van der Waals surface area contributed by atoms with Gasteiger partial charge in [0.15, 0.2) is 0 Å². The number of carbonyl (C=O) groups is 2. The van der Waals surface area contributed by atoms with Gasteiger partial charge in [-0.05, 0) is 55.4 Å². The summed E-state index contributed by atoms with van der Waals surface area (Å²) in [7, 11) is 0. The van der Waals surface area contributed by atoms with Gasteiger partial charge in [0.05, 0.1) is 16.8 Å². The maximum Gasteiger partial charge on any atom is 0.335 e. The van der Waals surface area contributed by atoms with Crippen molar-refractivity contribution < 1.29 is 14.7 Å². The minimum absolute atomic E-state index is 0.131. The molecule has 7 heteroatoms. The number of fused-ring (bicyclic) bond motifs is 1. The Morgan fingerprint density at radius 3 is 2.29 bits per heavy atom. The molecule has 0 aliphatic carbocycles. The molecule has 0 aliphatic heterocycles. The first-order valence-electron chi connectivity index (χ1n) is 9.98. The lowest BCUT2D eigenvalue weighted by atomic mass is 10.1. The predicted molar refractivity (Wildman–Crippen MR) is 119 cm³/mol. The van der Waals surface area contributed by atoms with E-state index in [1.165, 1.54) is 0 Å². The number of para-hydroxylation sites is 1. The van der Waals surface area contributed by atoms with Crippen molar-refractivity contribution in [2.45, 2.75) is 6.42 Å². The normalized spacial score (nSPS) is 10.9. The van der Waals surface area contributed by atoms with Crippen LogP contribution in [0.3, 0.4) is 0 Å². The molecule has 7 nitrogen and oxygen atoms in total. The standard InChI is InChI=1S/C24H22N4O3/c25-14-3-15-26-23(29)17-8-6-16(7-9-17)22-20-4-1-2-5-21(20)28(27-22)19-12-10-18(11-13-19)24(30)31/h1-2,4-13H,3,14-15,25H2,(H,26,29)(H,30,31). The molecule has 1 aromatic heterocycles. The van der Waals surface area contributed by atoms with E-state index in [0.717, 1.165) is 34.3 Å². The number of hydrogen-bond acceptors (Lipinski definition) is 4. The van der Waals surface area contributed by atoms with Gasteiger partial charge in [0.25, 0.3) is 5.91 Å². The minimum Gasteiger partial charge on any atom is -0.478 e. The summed E-state index contributed by atoms with van der Waals surface area (Å²) in [5.74, 6) is -1.10. The fraction of sp³-hybridized carbons (Fsp3) is 0.125. The summed E-state index contributed by atoms with van der Waals surface area (Å²) < 4.78 is 1.80. The molecule has 1 amide bonds. The number of nitrogens with one attached hydrogen (secondary N) is 1. The summed E-state index contributed by atoms with van der Waals surface area (Å²) >= 11 is 0. The molecular formula is C24H22N4O3. The zero-order chi connectivity index (χ0) is 21.8. The molecule has 0 saturated carbocycles. The van der Waals surface area contributed by atoms with Gasteiger partial charge in [-0.15, -0.1) is 0 Å². The number of nitrogens with two attached hydrogens (primary N) is 1. The first-order chi connectivity index (χ1) is 15.1. The SMILES string of the molecule is NCCCNC(=O)c1ccc(-c2nn(-c3ccc(C(=O)O)cc3)c3ccccc23)cc1. The smallest absolute Gasteiger partial charge is 0.335 e. The van der Waals surface area contributed by atoms with Crippen LogP contribution in [-0.4, -0.2) is 39.9 Å². The Morgan fingerprint density at radius 1 is 0.935 bits per heavy atom. The van der Waals surface area contributed by atoms with Crippen LogP contribution in [0.25, 0.3) is 27.8 Å². The number of carboxylic acids is 1.